The molecular formula is C13H18S. The number of benzene rings is 1. The van der Waals surface area contributed by atoms with E-state index in [1.165, 1.54) is 48.1 Å². The zero-order valence-corrected chi connectivity index (χ0v) is 9.69. The predicted octanol–water partition coefficient (Wildman–Crippen LogP) is 4.33. The van der Waals surface area contributed by atoms with Gasteiger partial charge in [0.1, 0.15) is 0 Å². The van der Waals surface area contributed by atoms with Crippen molar-refractivity contribution in [1.29, 1.82) is 0 Å². The number of aryl methyl sites for hydroxylation is 1. The topological polar surface area (TPSA) is 0 Å². The minimum Gasteiger partial charge on any atom is -0.143 e. The molecule has 0 unspecified atom stereocenters. The summed E-state index contributed by atoms with van der Waals surface area (Å²) >= 11 is 4.56. The Bertz CT molecular complexity index is 311. The zero-order valence-electron chi connectivity index (χ0n) is 8.79. The highest BCUT2D eigenvalue weighted by atomic mass is 32.1. The number of thiol groups is 1. The fourth-order valence-corrected chi connectivity index (χ4v) is 2.74. The molecular weight excluding hydrogens is 188 g/mol. The summed E-state index contributed by atoms with van der Waals surface area (Å²) in [6.07, 6.45) is 6.93. The predicted molar refractivity (Wildman–Crippen MR) is 64.3 cm³/mol. The van der Waals surface area contributed by atoms with E-state index in [-0.39, 0.29) is 0 Å². The van der Waals surface area contributed by atoms with Crippen LogP contribution in [0.3, 0.4) is 0 Å². The largest absolute Gasteiger partial charge is 0.143 e. The second kappa shape index (κ2) is 4.39. The molecule has 1 aliphatic carbocycles. The summed E-state index contributed by atoms with van der Waals surface area (Å²) in [5.74, 6) is 0.774. The van der Waals surface area contributed by atoms with Crippen molar-refractivity contribution in [3.8, 4) is 0 Å². The smallest absolute Gasteiger partial charge is 0.00750 e. The highest BCUT2D eigenvalue weighted by Crippen LogP contribution is 2.35. The second-order valence-corrected chi connectivity index (χ2v) is 4.88. The van der Waals surface area contributed by atoms with Gasteiger partial charge in [-0.3, -0.25) is 0 Å². The van der Waals surface area contributed by atoms with Gasteiger partial charge in [-0.1, -0.05) is 37.0 Å². The maximum Gasteiger partial charge on any atom is 0.00750 e. The fraction of sp³-hybridized carbons (Fsp3) is 0.538. The SMILES string of the molecule is Cc1ccc(S)c(C2CCCCC2)c1. The summed E-state index contributed by atoms with van der Waals surface area (Å²) in [7, 11) is 0. The minimum atomic E-state index is 0.774. The van der Waals surface area contributed by atoms with Crippen molar-refractivity contribution in [2.45, 2.75) is 49.8 Å². The Morgan fingerprint density at radius 3 is 2.57 bits per heavy atom. The number of rotatable bonds is 1. The molecule has 1 saturated carbocycles. The third kappa shape index (κ3) is 2.14. The van der Waals surface area contributed by atoms with Crippen molar-refractivity contribution in [3.63, 3.8) is 0 Å². The van der Waals surface area contributed by atoms with Gasteiger partial charge >= 0.3 is 0 Å². The van der Waals surface area contributed by atoms with Crippen LogP contribution in [0.1, 0.15) is 49.1 Å². The Labute approximate surface area is 92.1 Å². The third-order valence-corrected chi connectivity index (χ3v) is 3.64. The summed E-state index contributed by atoms with van der Waals surface area (Å²) < 4.78 is 0. The molecule has 1 aromatic carbocycles. The first kappa shape index (κ1) is 10.1. The third-order valence-electron chi connectivity index (χ3n) is 3.23. The van der Waals surface area contributed by atoms with Gasteiger partial charge in [0.15, 0.2) is 0 Å². The second-order valence-electron chi connectivity index (χ2n) is 4.40. The Balaban J connectivity index is 2.24. The first-order valence-electron chi connectivity index (χ1n) is 5.57. The standard InChI is InChI=1S/C13H18S/c1-10-7-8-13(14)12(9-10)11-5-3-2-4-6-11/h7-9,11,14H,2-6H2,1H3. The van der Waals surface area contributed by atoms with Gasteiger partial charge in [0, 0.05) is 4.90 Å². The van der Waals surface area contributed by atoms with E-state index < -0.39 is 0 Å². The van der Waals surface area contributed by atoms with Crippen molar-refractivity contribution in [2.75, 3.05) is 0 Å². The average molecular weight is 206 g/mol. The maximum atomic E-state index is 4.56. The van der Waals surface area contributed by atoms with Crippen molar-refractivity contribution in [1.82, 2.24) is 0 Å². The van der Waals surface area contributed by atoms with Crippen molar-refractivity contribution in [2.24, 2.45) is 0 Å². The molecule has 0 amide bonds. The Morgan fingerprint density at radius 2 is 1.86 bits per heavy atom. The van der Waals surface area contributed by atoms with Crippen LogP contribution in [0.15, 0.2) is 23.1 Å². The quantitative estimate of drug-likeness (QED) is 0.650. The van der Waals surface area contributed by atoms with Crippen molar-refractivity contribution >= 4 is 12.6 Å². The van der Waals surface area contributed by atoms with Gasteiger partial charge < -0.3 is 0 Å². The van der Waals surface area contributed by atoms with Crippen LogP contribution in [-0.2, 0) is 0 Å². The van der Waals surface area contributed by atoms with E-state index >= 15 is 0 Å². The molecule has 2 rings (SSSR count). The van der Waals surface area contributed by atoms with Crippen LogP contribution in [0.25, 0.3) is 0 Å². The van der Waals surface area contributed by atoms with Gasteiger partial charge in [-0.2, -0.15) is 0 Å². The summed E-state index contributed by atoms with van der Waals surface area (Å²) in [5.41, 5.74) is 2.84. The minimum absolute atomic E-state index is 0.774. The lowest BCUT2D eigenvalue weighted by Gasteiger charge is -2.23. The molecule has 0 aliphatic heterocycles. The van der Waals surface area contributed by atoms with E-state index in [0.717, 1.165) is 5.92 Å². The molecule has 1 heteroatoms. The van der Waals surface area contributed by atoms with Crippen LogP contribution < -0.4 is 0 Å². The first-order valence-corrected chi connectivity index (χ1v) is 6.01. The zero-order chi connectivity index (χ0) is 9.97. The van der Waals surface area contributed by atoms with Crippen LogP contribution in [0.5, 0.6) is 0 Å². The summed E-state index contributed by atoms with van der Waals surface area (Å²) in [4.78, 5) is 1.18. The van der Waals surface area contributed by atoms with Gasteiger partial charge in [-0.05, 0) is 37.3 Å². The molecule has 0 saturated heterocycles. The Kier molecular flexibility index (Phi) is 3.17. The summed E-state index contributed by atoms with van der Waals surface area (Å²) in [5, 5.41) is 0. The number of hydrogen-bond acceptors (Lipinski definition) is 1. The van der Waals surface area contributed by atoms with Crippen molar-refractivity contribution < 1.29 is 0 Å². The number of hydrogen-bond donors (Lipinski definition) is 1. The molecule has 1 aromatic rings. The van der Waals surface area contributed by atoms with Gasteiger partial charge in [0.2, 0.25) is 0 Å². The van der Waals surface area contributed by atoms with Crippen LogP contribution in [0.2, 0.25) is 0 Å². The van der Waals surface area contributed by atoms with Crippen LogP contribution in [0, 0.1) is 6.92 Å². The highest BCUT2D eigenvalue weighted by molar-refractivity contribution is 7.80. The van der Waals surface area contributed by atoms with Crippen molar-refractivity contribution in [3.05, 3.63) is 29.3 Å². The molecule has 0 spiro atoms. The van der Waals surface area contributed by atoms with E-state index in [0.29, 0.717) is 0 Å². The fourth-order valence-electron chi connectivity index (χ4n) is 2.41. The normalized spacial score (nSPS) is 18.4. The molecule has 0 bridgehead atoms. The lowest BCUT2D eigenvalue weighted by atomic mass is 9.83. The lowest BCUT2D eigenvalue weighted by Crippen LogP contribution is -2.05. The Morgan fingerprint density at radius 1 is 1.14 bits per heavy atom. The van der Waals surface area contributed by atoms with E-state index in [1.807, 2.05) is 0 Å². The first-order chi connectivity index (χ1) is 6.77. The molecule has 0 nitrogen and oxygen atoms in total. The molecule has 0 aromatic heterocycles. The van der Waals surface area contributed by atoms with Gasteiger partial charge in [-0.15, -0.1) is 12.6 Å². The lowest BCUT2D eigenvalue weighted by molar-refractivity contribution is 0.439. The van der Waals surface area contributed by atoms with E-state index in [9.17, 15) is 0 Å². The maximum absolute atomic E-state index is 4.56. The summed E-state index contributed by atoms with van der Waals surface area (Å²) in [6, 6.07) is 6.61. The molecule has 14 heavy (non-hydrogen) atoms. The van der Waals surface area contributed by atoms with Gasteiger partial charge in [0.05, 0.1) is 0 Å². The van der Waals surface area contributed by atoms with E-state index in [2.05, 4.69) is 37.8 Å². The van der Waals surface area contributed by atoms with Gasteiger partial charge in [0.25, 0.3) is 0 Å². The van der Waals surface area contributed by atoms with Gasteiger partial charge in [-0.25, -0.2) is 0 Å². The summed E-state index contributed by atoms with van der Waals surface area (Å²) in [6.45, 7) is 2.17. The monoisotopic (exact) mass is 206 g/mol. The Hall–Kier alpha value is -0.430. The average Bonchev–Trinajstić information content (AvgIpc) is 2.23. The van der Waals surface area contributed by atoms with Crippen LogP contribution >= 0.6 is 12.6 Å². The van der Waals surface area contributed by atoms with E-state index in [1.54, 1.807) is 0 Å². The molecule has 0 heterocycles. The highest BCUT2D eigenvalue weighted by Gasteiger charge is 2.17. The molecule has 0 radical (unpaired) electrons. The van der Waals surface area contributed by atoms with Crippen LogP contribution in [-0.4, -0.2) is 0 Å². The molecule has 1 fully saturated rings. The molecule has 76 valence electrons. The van der Waals surface area contributed by atoms with E-state index in [4.69, 9.17) is 0 Å². The van der Waals surface area contributed by atoms with Crippen LogP contribution in [0.4, 0.5) is 0 Å². The molecule has 0 N–H and O–H groups in total. The molecule has 0 atom stereocenters. The molecule has 1 aliphatic rings.